The zero-order chi connectivity index (χ0) is 23.2. The summed E-state index contributed by atoms with van der Waals surface area (Å²) in [6.07, 6.45) is 6.69. The fourth-order valence-electron chi connectivity index (χ4n) is 4.36. The fraction of sp³-hybridized carbons (Fsp3) is 0.296. The lowest BCUT2D eigenvalue weighted by Crippen LogP contribution is -2.47. The molecule has 2 aromatic carbocycles. The second kappa shape index (κ2) is 10.4. The maximum Gasteiger partial charge on any atom is 0.277 e. The molecule has 6 heteroatoms. The van der Waals surface area contributed by atoms with Gasteiger partial charge in [0.05, 0.1) is 0 Å². The number of benzene rings is 2. The van der Waals surface area contributed by atoms with Gasteiger partial charge in [-0.15, -0.1) is 0 Å². The Labute approximate surface area is 193 Å². The Bertz CT molecular complexity index is 1100. The van der Waals surface area contributed by atoms with Crippen LogP contribution in [0.5, 0.6) is 0 Å². The minimum absolute atomic E-state index is 0.0681. The summed E-state index contributed by atoms with van der Waals surface area (Å²) in [5.41, 5.74) is 2.31. The fourth-order valence-corrected chi connectivity index (χ4v) is 4.36. The van der Waals surface area contributed by atoms with Crippen LogP contribution in [0, 0.1) is 12.7 Å². The minimum Gasteiger partial charge on any atom is -0.351 e. The number of nitrogens with one attached hydrogen (secondary N) is 1. The molecule has 1 saturated carbocycles. The largest absolute Gasteiger partial charge is 0.351 e. The molecule has 1 unspecified atom stereocenters. The molecular formula is C27H28FN3O2. The van der Waals surface area contributed by atoms with Crippen LogP contribution in [0.3, 0.4) is 0 Å². The third-order valence-corrected chi connectivity index (χ3v) is 6.03. The molecule has 33 heavy (non-hydrogen) atoms. The standard InChI is InChI=1S/C27H28FN3O2/c1-19-8-7-11-23(18-19)31(27(33)24-12-5-6-17-29-24)25(20-13-15-21(28)16-14-20)26(32)30-22-9-3-2-4-10-22/h5-8,11-18,22,25H,2-4,9-10H2,1H3,(H,30,32). The van der Waals surface area contributed by atoms with Crippen molar-refractivity contribution >= 4 is 17.5 Å². The van der Waals surface area contributed by atoms with Gasteiger partial charge in [-0.2, -0.15) is 0 Å². The van der Waals surface area contributed by atoms with E-state index in [1.54, 1.807) is 42.6 Å². The molecule has 1 fully saturated rings. The molecule has 2 amide bonds. The summed E-state index contributed by atoms with van der Waals surface area (Å²) < 4.78 is 13.7. The first-order chi connectivity index (χ1) is 16.0. The first-order valence-electron chi connectivity index (χ1n) is 11.4. The summed E-state index contributed by atoms with van der Waals surface area (Å²) in [7, 11) is 0. The molecule has 1 atom stereocenters. The van der Waals surface area contributed by atoms with E-state index in [1.165, 1.54) is 23.5 Å². The van der Waals surface area contributed by atoms with Gasteiger partial charge >= 0.3 is 0 Å². The highest BCUT2D eigenvalue weighted by Gasteiger charge is 2.35. The third-order valence-electron chi connectivity index (χ3n) is 6.03. The van der Waals surface area contributed by atoms with Crippen LogP contribution in [-0.2, 0) is 4.79 Å². The lowest BCUT2D eigenvalue weighted by molar-refractivity contribution is -0.123. The number of hydrogen-bond donors (Lipinski definition) is 1. The number of amides is 2. The van der Waals surface area contributed by atoms with Crippen molar-refractivity contribution in [3.63, 3.8) is 0 Å². The van der Waals surface area contributed by atoms with E-state index in [9.17, 15) is 14.0 Å². The van der Waals surface area contributed by atoms with Crippen LogP contribution >= 0.6 is 0 Å². The van der Waals surface area contributed by atoms with Crippen LogP contribution in [-0.4, -0.2) is 22.8 Å². The highest BCUT2D eigenvalue weighted by atomic mass is 19.1. The zero-order valence-electron chi connectivity index (χ0n) is 18.7. The minimum atomic E-state index is -0.969. The second-order valence-electron chi connectivity index (χ2n) is 8.53. The summed E-state index contributed by atoms with van der Waals surface area (Å²) in [5, 5.41) is 3.16. The number of halogens is 1. The number of carbonyl (C=O) groups is 2. The van der Waals surface area contributed by atoms with Gasteiger partial charge in [0.15, 0.2) is 0 Å². The van der Waals surface area contributed by atoms with Crippen molar-refractivity contribution in [3.8, 4) is 0 Å². The smallest absolute Gasteiger partial charge is 0.277 e. The number of carbonyl (C=O) groups excluding carboxylic acids is 2. The van der Waals surface area contributed by atoms with Gasteiger partial charge < -0.3 is 5.32 Å². The van der Waals surface area contributed by atoms with Gasteiger partial charge in [0.2, 0.25) is 5.91 Å². The summed E-state index contributed by atoms with van der Waals surface area (Å²) in [6.45, 7) is 1.93. The van der Waals surface area contributed by atoms with Crippen LogP contribution < -0.4 is 10.2 Å². The maximum absolute atomic E-state index is 13.7. The van der Waals surface area contributed by atoms with E-state index in [0.717, 1.165) is 31.2 Å². The summed E-state index contributed by atoms with van der Waals surface area (Å²) in [5.74, 6) is -1.07. The number of hydrogen-bond acceptors (Lipinski definition) is 3. The van der Waals surface area contributed by atoms with Gasteiger partial charge in [-0.1, -0.05) is 49.6 Å². The second-order valence-corrected chi connectivity index (χ2v) is 8.53. The first kappa shape index (κ1) is 22.6. The Morgan fingerprint density at radius 3 is 2.42 bits per heavy atom. The Hall–Kier alpha value is -3.54. The quantitative estimate of drug-likeness (QED) is 0.555. The molecule has 0 bridgehead atoms. The van der Waals surface area contributed by atoms with Gasteiger partial charge in [-0.3, -0.25) is 19.5 Å². The molecule has 0 radical (unpaired) electrons. The third kappa shape index (κ3) is 5.45. The van der Waals surface area contributed by atoms with Crippen molar-refractivity contribution < 1.29 is 14.0 Å². The Balaban J connectivity index is 1.80. The molecule has 1 aromatic heterocycles. The highest BCUT2D eigenvalue weighted by Crippen LogP contribution is 2.31. The van der Waals surface area contributed by atoms with E-state index in [1.807, 2.05) is 25.1 Å². The molecule has 5 nitrogen and oxygen atoms in total. The Morgan fingerprint density at radius 2 is 1.76 bits per heavy atom. The number of aryl methyl sites for hydroxylation is 1. The van der Waals surface area contributed by atoms with Crippen molar-refractivity contribution in [3.05, 3.63) is 95.6 Å². The highest BCUT2D eigenvalue weighted by molar-refractivity contribution is 6.09. The Morgan fingerprint density at radius 1 is 1.00 bits per heavy atom. The van der Waals surface area contributed by atoms with E-state index in [2.05, 4.69) is 10.3 Å². The van der Waals surface area contributed by atoms with Gasteiger partial charge in [-0.05, 0) is 67.3 Å². The predicted molar refractivity (Wildman–Crippen MR) is 126 cm³/mol. The molecule has 0 spiro atoms. The van der Waals surface area contributed by atoms with E-state index < -0.39 is 17.8 Å². The van der Waals surface area contributed by atoms with Crippen molar-refractivity contribution in [2.24, 2.45) is 0 Å². The molecule has 1 heterocycles. The number of anilines is 1. The van der Waals surface area contributed by atoms with Crippen LogP contribution in [0.2, 0.25) is 0 Å². The average molecular weight is 446 g/mol. The molecule has 0 aliphatic heterocycles. The van der Waals surface area contributed by atoms with E-state index in [0.29, 0.717) is 11.3 Å². The summed E-state index contributed by atoms with van der Waals surface area (Å²) in [4.78, 5) is 33.2. The van der Waals surface area contributed by atoms with Crippen molar-refractivity contribution in [1.82, 2.24) is 10.3 Å². The van der Waals surface area contributed by atoms with Gasteiger partial charge in [0.1, 0.15) is 17.6 Å². The topological polar surface area (TPSA) is 62.3 Å². The molecule has 0 saturated heterocycles. The lowest BCUT2D eigenvalue weighted by atomic mass is 9.94. The molecule has 1 N–H and O–H groups in total. The number of rotatable bonds is 6. The molecule has 4 rings (SSSR count). The zero-order valence-corrected chi connectivity index (χ0v) is 18.7. The number of aromatic nitrogens is 1. The van der Waals surface area contributed by atoms with Gasteiger partial charge in [0, 0.05) is 17.9 Å². The van der Waals surface area contributed by atoms with E-state index >= 15 is 0 Å². The normalized spacial score (nSPS) is 15.0. The monoisotopic (exact) mass is 445 g/mol. The molecule has 1 aliphatic rings. The SMILES string of the molecule is Cc1cccc(N(C(=O)c2ccccn2)C(C(=O)NC2CCCCC2)c2ccc(F)cc2)c1. The molecule has 3 aromatic rings. The van der Waals surface area contributed by atoms with E-state index in [4.69, 9.17) is 0 Å². The van der Waals surface area contributed by atoms with Crippen LogP contribution in [0.4, 0.5) is 10.1 Å². The van der Waals surface area contributed by atoms with Crippen LogP contribution in [0.15, 0.2) is 72.9 Å². The Kier molecular flexibility index (Phi) is 7.13. The number of pyridine rings is 1. The predicted octanol–water partition coefficient (Wildman–Crippen LogP) is 5.37. The van der Waals surface area contributed by atoms with Crippen molar-refractivity contribution in [1.29, 1.82) is 0 Å². The van der Waals surface area contributed by atoms with Crippen molar-refractivity contribution in [2.75, 3.05) is 4.90 Å². The molecule has 1 aliphatic carbocycles. The molecule has 170 valence electrons. The molecular weight excluding hydrogens is 417 g/mol. The number of nitrogens with zero attached hydrogens (tertiary/aromatic N) is 2. The first-order valence-corrected chi connectivity index (χ1v) is 11.4. The van der Waals surface area contributed by atoms with Gasteiger partial charge in [-0.25, -0.2) is 4.39 Å². The van der Waals surface area contributed by atoms with Crippen LogP contribution in [0.1, 0.15) is 59.8 Å². The average Bonchev–Trinajstić information content (AvgIpc) is 2.84. The van der Waals surface area contributed by atoms with Gasteiger partial charge in [0.25, 0.3) is 5.91 Å². The summed E-state index contributed by atoms with van der Waals surface area (Å²) >= 11 is 0. The van der Waals surface area contributed by atoms with E-state index in [-0.39, 0.29) is 17.6 Å². The van der Waals surface area contributed by atoms with Crippen LogP contribution in [0.25, 0.3) is 0 Å². The summed E-state index contributed by atoms with van der Waals surface area (Å²) in [6, 6.07) is 17.4. The maximum atomic E-state index is 13.7. The lowest BCUT2D eigenvalue weighted by Gasteiger charge is -2.33. The van der Waals surface area contributed by atoms with Crippen molar-refractivity contribution in [2.45, 2.75) is 51.1 Å².